The molecule has 2 aliphatic carbocycles. The number of hydrogen-bond acceptors (Lipinski definition) is 2. The molecule has 2 saturated carbocycles. The van der Waals surface area contributed by atoms with E-state index in [1.54, 1.807) is 0 Å². The van der Waals surface area contributed by atoms with Gasteiger partial charge in [-0.3, -0.25) is 9.59 Å². The van der Waals surface area contributed by atoms with E-state index in [1.165, 1.54) is 19.3 Å². The van der Waals surface area contributed by atoms with E-state index < -0.39 is 11.1 Å². The number of amides is 2. The highest BCUT2D eigenvalue weighted by molar-refractivity contribution is 6.02. The molecule has 112 valence electrons. The van der Waals surface area contributed by atoms with Crippen LogP contribution in [0.1, 0.15) is 71.6 Å². The van der Waals surface area contributed by atoms with Crippen LogP contribution in [-0.2, 0) is 9.59 Å². The third kappa shape index (κ3) is 1.95. The van der Waals surface area contributed by atoms with E-state index in [9.17, 15) is 9.59 Å². The van der Waals surface area contributed by atoms with E-state index in [4.69, 9.17) is 0 Å². The second-order valence-corrected chi connectivity index (χ2v) is 7.28. The van der Waals surface area contributed by atoms with Crippen molar-refractivity contribution in [3.8, 4) is 0 Å². The van der Waals surface area contributed by atoms with Gasteiger partial charge < -0.3 is 10.2 Å². The van der Waals surface area contributed by atoms with Crippen molar-refractivity contribution in [1.29, 1.82) is 0 Å². The highest BCUT2D eigenvalue weighted by atomic mass is 16.2. The van der Waals surface area contributed by atoms with Crippen molar-refractivity contribution in [1.82, 2.24) is 10.2 Å². The molecule has 1 N–H and O–H groups in total. The van der Waals surface area contributed by atoms with Gasteiger partial charge in [0, 0.05) is 6.04 Å². The Morgan fingerprint density at radius 2 is 1.60 bits per heavy atom. The molecule has 3 rings (SSSR count). The van der Waals surface area contributed by atoms with Gasteiger partial charge in [-0.15, -0.1) is 0 Å². The third-order valence-electron chi connectivity index (χ3n) is 5.43. The van der Waals surface area contributed by atoms with Crippen molar-refractivity contribution < 1.29 is 9.59 Å². The van der Waals surface area contributed by atoms with E-state index in [-0.39, 0.29) is 17.9 Å². The zero-order valence-electron chi connectivity index (χ0n) is 12.7. The molecule has 2 amide bonds. The van der Waals surface area contributed by atoms with Gasteiger partial charge in [-0.2, -0.15) is 0 Å². The van der Waals surface area contributed by atoms with Gasteiger partial charge in [0.2, 0.25) is 11.8 Å². The Kier molecular flexibility index (Phi) is 3.30. The lowest BCUT2D eigenvalue weighted by atomic mass is 9.75. The highest BCUT2D eigenvalue weighted by Gasteiger charge is 2.57. The normalized spacial score (nSPS) is 29.8. The lowest BCUT2D eigenvalue weighted by molar-refractivity contribution is -0.168. The van der Waals surface area contributed by atoms with Gasteiger partial charge in [0.05, 0.1) is 0 Å². The first-order valence-electron chi connectivity index (χ1n) is 8.14. The van der Waals surface area contributed by atoms with Crippen LogP contribution in [0.15, 0.2) is 0 Å². The Labute approximate surface area is 121 Å². The molecular weight excluding hydrogens is 252 g/mol. The third-order valence-corrected chi connectivity index (χ3v) is 5.43. The summed E-state index contributed by atoms with van der Waals surface area (Å²) in [5, 5.41) is 2.99. The smallest absolute Gasteiger partial charge is 0.248 e. The molecule has 0 atom stereocenters. The second-order valence-electron chi connectivity index (χ2n) is 7.28. The molecule has 3 aliphatic rings. The van der Waals surface area contributed by atoms with Crippen molar-refractivity contribution in [3.63, 3.8) is 0 Å². The minimum absolute atomic E-state index is 0.0914. The summed E-state index contributed by atoms with van der Waals surface area (Å²) in [5.74, 6) is 0.222. The van der Waals surface area contributed by atoms with Crippen LogP contribution in [0.4, 0.5) is 0 Å². The number of rotatable bonds is 1. The van der Waals surface area contributed by atoms with Crippen LogP contribution in [0.3, 0.4) is 0 Å². The molecule has 0 aromatic rings. The molecule has 0 aromatic carbocycles. The van der Waals surface area contributed by atoms with E-state index in [0.717, 1.165) is 38.5 Å². The van der Waals surface area contributed by atoms with E-state index in [1.807, 2.05) is 18.7 Å². The molecule has 1 spiro atoms. The fourth-order valence-corrected chi connectivity index (χ4v) is 4.34. The lowest BCUT2D eigenvalue weighted by Gasteiger charge is -2.54. The molecule has 4 heteroatoms. The monoisotopic (exact) mass is 278 g/mol. The fraction of sp³-hybridized carbons (Fsp3) is 0.875. The predicted molar refractivity (Wildman–Crippen MR) is 77.1 cm³/mol. The number of carbonyl (C=O) groups is 2. The molecule has 0 unspecified atom stereocenters. The Balaban J connectivity index is 2.00. The summed E-state index contributed by atoms with van der Waals surface area (Å²) in [4.78, 5) is 27.8. The maximum absolute atomic E-state index is 13.0. The number of nitrogens with one attached hydrogen (secondary N) is 1. The first-order chi connectivity index (χ1) is 9.47. The summed E-state index contributed by atoms with van der Waals surface area (Å²) in [6.07, 6.45) is 9.50. The number of piperazine rings is 1. The van der Waals surface area contributed by atoms with Gasteiger partial charge in [0.15, 0.2) is 0 Å². The molecule has 0 aromatic heterocycles. The van der Waals surface area contributed by atoms with Crippen LogP contribution in [0.2, 0.25) is 0 Å². The maximum Gasteiger partial charge on any atom is 0.248 e. The average molecular weight is 278 g/mol. The minimum Gasteiger partial charge on any atom is -0.340 e. The summed E-state index contributed by atoms with van der Waals surface area (Å²) >= 11 is 0. The molecule has 4 nitrogen and oxygen atoms in total. The summed E-state index contributed by atoms with van der Waals surface area (Å²) in [5.41, 5.74) is -1.29. The van der Waals surface area contributed by atoms with Crippen LogP contribution >= 0.6 is 0 Å². The standard InChI is InChI=1S/C16H26N2O2/c1-15(2)14(20)18(12-8-4-5-9-12)16(13(19)17-15)10-6-3-7-11-16/h12H,3-11H2,1-2H3,(H,17,19). The van der Waals surface area contributed by atoms with Gasteiger partial charge in [-0.1, -0.05) is 32.1 Å². The fourth-order valence-electron chi connectivity index (χ4n) is 4.34. The summed E-state index contributed by atoms with van der Waals surface area (Å²) in [6.45, 7) is 3.68. The van der Waals surface area contributed by atoms with Crippen LogP contribution in [-0.4, -0.2) is 33.8 Å². The minimum atomic E-state index is -0.748. The quantitative estimate of drug-likeness (QED) is 0.800. The zero-order valence-corrected chi connectivity index (χ0v) is 12.7. The Hall–Kier alpha value is -1.06. The largest absolute Gasteiger partial charge is 0.340 e. The molecule has 0 radical (unpaired) electrons. The number of nitrogens with zero attached hydrogens (tertiary/aromatic N) is 1. The second kappa shape index (κ2) is 4.74. The summed E-state index contributed by atoms with van der Waals surface area (Å²) in [7, 11) is 0. The topological polar surface area (TPSA) is 49.4 Å². The Bertz CT molecular complexity index is 418. The van der Waals surface area contributed by atoms with Gasteiger partial charge >= 0.3 is 0 Å². The first kappa shape index (κ1) is 13.9. The van der Waals surface area contributed by atoms with E-state index in [0.29, 0.717) is 0 Å². The van der Waals surface area contributed by atoms with Gasteiger partial charge in [0.25, 0.3) is 0 Å². The van der Waals surface area contributed by atoms with Crippen molar-refractivity contribution in [2.24, 2.45) is 0 Å². The van der Waals surface area contributed by atoms with Crippen molar-refractivity contribution in [3.05, 3.63) is 0 Å². The van der Waals surface area contributed by atoms with Gasteiger partial charge in [-0.25, -0.2) is 0 Å². The van der Waals surface area contributed by atoms with Gasteiger partial charge in [-0.05, 0) is 39.5 Å². The van der Waals surface area contributed by atoms with E-state index in [2.05, 4.69) is 5.32 Å². The van der Waals surface area contributed by atoms with Crippen LogP contribution in [0.5, 0.6) is 0 Å². The van der Waals surface area contributed by atoms with E-state index >= 15 is 0 Å². The lowest BCUT2D eigenvalue weighted by Crippen LogP contribution is -2.76. The summed E-state index contributed by atoms with van der Waals surface area (Å²) in [6, 6.07) is 0.283. The molecule has 1 aliphatic heterocycles. The predicted octanol–water partition coefficient (Wildman–Crippen LogP) is 2.37. The van der Waals surface area contributed by atoms with Crippen molar-refractivity contribution in [2.75, 3.05) is 0 Å². The molecule has 0 bridgehead atoms. The molecular formula is C16H26N2O2. The highest BCUT2D eigenvalue weighted by Crippen LogP contribution is 2.42. The van der Waals surface area contributed by atoms with Crippen LogP contribution in [0.25, 0.3) is 0 Å². The summed E-state index contributed by atoms with van der Waals surface area (Å²) < 4.78 is 0. The zero-order chi connectivity index (χ0) is 14.4. The molecule has 1 heterocycles. The van der Waals surface area contributed by atoms with Crippen molar-refractivity contribution >= 4 is 11.8 Å². The SMILES string of the molecule is CC1(C)NC(=O)C2(CCCCC2)N(C2CCCC2)C1=O. The number of carbonyl (C=O) groups excluding carboxylic acids is 2. The molecule has 3 fully saturated rings. The van der Waals surface area contributed by atoms with Crippen molar-refractivity contribution in [2.45, 2.75) is 88.8 Å². The maximum atomic E-state index is 13.0. The van der Waals surface area contributed by atoms with Gasteiger partial charge in [0.1, 0.15) is 11.1 Å². The number of hydrogen-bond donors (Lipinski definition) is 1. The molecule has 1 saturated heterocycles. The van der Waals surface area contributed by atoms with Crippen LogP contribution in [0, 0.1) is 0 Å². The Morgan fingerprint density at radius 3 is 2.20 bits per heavy atom. The Morgan fingerprint density at radius 1 is 1.00 bits per heavy atom. The molecule has 20 heavy (non-hydrogen) atoms. The van der Waals surface area contributed by atoms with Crippen LogP contribution < -0.4 is 5.32 Å². The average Bonchev–Trinajstić information content (AvgIpc) is 2.92. The first-order valence-corrected chi connectivity index (χ1v) is 8.14.